The second-order valence-electron chi connectivity index (χ2n) is 6.15. The number of carbonyl (C=O) groups is 1. The van der Waals surface area contributed by atoms with Gasteiger partial charge in [0.2, 0.25) is 0 Å². The molecule has 4 heteroatoms. The third kappa shape index (κ3) is 3.40. The summed E-state index contributed by atoms with van der Waals surface area (Å²) < 4.78 is 0. The van der Waals surface area contributed by atoms with E-state index in [9.17, 15) is 4.79 Å². The molecule has 0 saturated heterocycles. The van der Waals surface area contributed by atoms with Gasteiger partial charge in [-0.05, 0) is 31.6 Å². The molecule has 1 aliphatic rings. The second-order valence-corrected chi connectivity index (χ2v) is 7.16. The Labute approximate surface area is 126 Å². The largest absolute Gasteiger partial charge is 0.345 e. The van der Waals surface area contributed by atoms with Crippen LogP contribution in [0.25, 0.3) is 0 Å². The summed E-state index contributed by atoms with van der Waals surface area (Å²) in [5, 5.41) is 1.05. The fraction of sp³-hybridized carbons (Fsp3) is 0.750. The fourth-order valence-electron chi connectivity index (χ4n) is 2.69. The summed E-state index contributed by atoms with van der Waals surface area (Å²) in [7, 11) is 0. The van der Waals surface area contributed by atoms with E-state index in [0.29, 0.717) is 17.9 Å². The SMILES string of the molecule is CCC(CC)N(CC(C)C)c1nc(C2CC2)c(C=O)s1. The van der Waals surface area contributed by atoms with Crippen LogP contribution in [-0.4, -0.2) is 23.9 Å². The third-order valence-electron chi connectivity index (χ3n) is 3.93. The first kappa shape index (κ1) is 15.5. The van der Waals surface area contributed by atoms with E-state index in [2.05, 4.69) is 32.6 Å². The molecule has 0 atom stereocenters. The zero-order valence-electron chi connectivity index (χ0n) is 13.1. The van der Waals surface area contributed by atoms with Gasteiger partial charge in [0.15, 0.2) is 11.4 Å². The average molecular weight is 294 g/mol. The molecule has 1 saturated carbocycles. The number of nitrogens with zero attached hydrogens (tertiary/aromatic N) is 2. The van der Waals surface area contributed by atoms with Gasteiger partial charge in [0, 0.05) is 18.5 Å². The Balaban J connectivity index is 2.29. The van der Waals surface area contributed by atoms with E-state index in [1.807, 2.05) is 0 Å². The summed E-state index contributed by atoms with van der Waals surface area (Å²) in [5.74, 6) is 1.14. The van der Waals surface area contributed by atoms with E-state index in [4.69, 9.17) is 4.98 Å². The molecular formula is C16H26N2OS. The Morgan fingerprint density at radius 1 is 1.35 bits per heavy atom. The van der Waals surface area contributed by atoms with Crippen LogP contribution in [0.3, 0.4) is 0 Å². The summed E-state index contributed by atoms with van der Waals surface area (Å²) in [4.78, 5) is 19.4. The van der Waals surface area contributed by atoms with Gasteiger partial charge in [-0.1, -0.05) is 39.0 Å². The van der Waals surface area contributed by atoms with Crippen LogP contribution in [0.5, 0.6) is 0 Å². The molecular weight excluding hydrogens is 268 g/mol. The summed E-state index contributed by atoms with van der Waals surface area (Å²) in [6.45, 7) is 9.97. The van der Waals surface area contributed by atoms with Crippen LogP contribution in [0.4, 0.5) is 5.13 Å². The third-order valence-corrected chi connectivity index (χ3v) is 4.97. The summed E-state index contributed by atoms with van der Waals surface area (Å²) in [6, 6.07) is 0.523. The van der Waals surface area contributed by atoms with Crippen molar-refractivity contribution in [2.45, 2.75) is 65.3 Å². The first-order chi connectivity index (χ1) is 9.60. The molecule has 0 spiro atoms. The molecule has 20 heavy (non-hydrogen) atoms. The highest BCUT2D eigenvalue weighted by Crippen LogP contribution is 2.44. The summed E-state index contributed by atoms with van der Waals surface area (Å²) in [6.07, 6.45) is 5.63. The topological polar surface area (TPSA) is 33.2 Å². The molecule has 0 bridgehead atoms. The predicted molar refractivity (Wildman–Crippen MR) is 86.0 cm³/mol. The fourth-order valence-corrected chi connectivity index (χ4v) is 3.74. The molecule has 0 aliphatic heterocycles. The molecule has 0 unspecified atom stereocenters. The van der Waals surface area contributed by atoms with Crippen molar-refractivity contribution in [2.24, 2.45) is 5.92 Å². The van der Waals surface area contributed by atoms with Crippen LogP contribution in [0.2, 0.25) is 0 Å². The lowest BCUT2D eigenvalue weighted by atomic mass is 10.1. The van der Waals surface area contributed by atoms with Crippen molar-refractivity contribution < 1.29 is 4.79 Å². The Bertz CT molecular complexity index is 447. The molecule has 1 fully saturated rings. The van der Waals surface area contributed by atoms with Crippen LogP contribution in [0.15, 0.2) is 0 Å². The lowest BCUT2D eigenvalue weighted by molar-refractivity contribution is 0.112. The molecule has 0 N–H and O–H groups in total. The Kier molecular flexibility index (Phi) is 5.19. The quantitative estimate of drug-likeness (QED) is 0.663. The summed E-state index contributed by atoms with van der Waals surface area (Å²) >= 11 is 1.58. The van der Waals surface area contributed by atoms with Crippen molar-refractivity contribution in [3.63, 3.8) is 0 Å². The minimum atomic E-state index is 0.523. The van der Waals surface area contributed by atoms with Gasteiger partial charge in [-0.15, -0.1) is 0 Å². The van der Waals surface area contributed by atoms with E-state index in [1.54, 1.807) is 11.3 Å². The molecule has 0 radical (unpaired) electrons. The van der Waals surface area contributed by atoms with Gasteiger partial charge in [-0.3, -0.25) is 4.79 Å². The second kappa shape index (κ2) is 6.70. The highest BCUT2D eigenvalue weighted by molar-refractivity contribution is 7.17. The number of rotatable bonds is 8. The smallest absolute Gasteiger partial charge is 0.186 e. The standard InChI is InChI=1S/C16H26N2OS/c1-5-13(6-2)18(9-11(3)4)16-17-15(12-7-8-12)14(10-19)20-16/h10-13H,5-9H2,1-4H3. The van der Waals surface area contributed by atoms with E-state index in [-0.39, 0.29) is 0 Å². The van der Waals surface area contributed by atoms with Gasteiger partial charge >= 0.3 is 0 Å². The van der Waals surface area contributed by atoms with Crippen molar-refractivity contribution >= 4 is 22.8 Å². The molecule has 1 aliphatic carbocycles. The Hall–Kier alpha value is -0.900. The average Bonchev–Trinajstić information content (AvgIpc) is 3.18. The number of aromatic nitrogens is 1. The maximum Gasteiger partial charge on any atom is 0.186 e. The maximum atomic E-state index is 11.3. The van der Waals surface area contributed by atoms with E-state index < -0.39 is 0 Å². The molecule has 1 heterocycles. The van der Waals surface area contributed by atoms with Crippen LogP contribution >= 0.6 is 11.3 Å². The molecule has 2 rings (SSSR count). The minimum absolute atomic E-state index is 0.523. The molecule has 0 aromatic carbocycles. The normalized spacial score (nSPS) is 15.1. The first-order valence-electron chi connectivity index (χ1n) is 7.83. The number of hydrogen-bond donors (Lipinski definition) is 0. The first-order valence-corrected chi connectivity index (χ1v) is 8.64. The number of anilines is 1. The minimum Gasteiger partial charge on any atom is -0.345 e. The van der Waals surface area contributed by atoms with Gasteiger partial charge in [-0.25, -0.2) is 4.98 Å². The van der Waals surface area contributed by atoms with E-state index in [1.165, 1.54) is 12.8 Å². The van der Waals surface area contributed by atoms with Crippen molar-refractivity contribution in [1.82, 2.24) is 4.98 Å². The molecule has 112 valence electrons. The van der Waals surface area contributed by atoms with Crippen molar-refractivity contribution in [1.29, 1.82) is 0 Å². The maximum absolute atomic E-state index is 11.3. The Morgan fingerprint density at radius 3 is 2.45 bits per heavy atom. The van der Waals surface area contributed by atoms with Crippen LogP contribution in [-0.2, 0) is 0 Å². The van der Waals surface area contributed by atoms with Crippen molar-refractivity contribution in [2.75, 3.05) is 11.4 Å². The van der Waals surface area contributed by atoms with Gasteiger partial charge < -0.3 is 4.90 Å². The number of thiazole rings is 1. The van der Waals surface area contributed by atoms with Crippen LogP contribution in [0, 0.1) is 5.92 Å². The predicted octanol–water partition coefficient (Wildman–Crippen LogP) is 4.48. The van der Waals surface area contributed by atoms with Gasteiger partial charge in [0.1, 0.15) is 0 Å². The zero-order valence-corrected chi connectivity index (χ0v) is 13.9. The zero-order chi connectivity index (χ0) is 14.7. The number of carbonyl (C=O) groups excluding carboxylic acids is 1. The van der Waals surface area contributed by atoms with Gasteiger partial charge in [0.25, 0.3) is 0 Å². The molecule has 0 amide bonds. The molecule has 1 aromatic rings. The van der Waals surface area contributed by atoms with Crippen molar-refractivity contribution in [3.8, 4) is 0 Å². The highest BCUT2D eigenvalue weighted by Gasteiger charge is 2.31. The molecule has 3 nitrogen and oxygen atoms in total. The lowest BCUT2D eigenvalue weighted by Gasteiger charge is -2.31. The highest BCUT2D eigenvalue weighted by atomic mass is 32.1. The van der Waals surface area contributed by atoms with Crippen LogP contribution < -0.4 is 4.90 Å². The number of aldehydes is 1. The van der Waals surface area contributed by atoms with Crippen LogP contribution in [0.1, 0.15) is 74.7 Å². The van der Waals surface area contributed by atoms with Crippen molar-refractivity contribution in [3.05, 3.63) is 10.6 Å². The van der Waals surface area contributed by atoms with E-state index >= 15 is 0 Å². The summed E-state index contributed by atoms with van der Waals surface area (Å²) in [5.41, 5.74) is 1.06. The molecule has 1 aromatic heterocycles. The number of hydrogen-bond acceptors (Lipinski definition) is 4. The Morgan fingerprint density at radius 2 is 2.00 bits per heavy atom. The van der Waals surface area contributed by atoms with Gasteiger partial charge in [-0.2, -0.15) is 0 Å². The van der Waals surface area contributed by atoms with E-state index in [0.717, 1.165) is 41.4 Å². The lowest BCUT2D eigenvalue weighted by Crippen LogP contribution is -2.37. The van der Waals surface area contributed by atoms with Gasteiger partial charge in [0.05, 0.1) is 10.6 Å². The monoisotopic (exact) mass is 294 g/mol.